The number of amides is 1. The number of nitrogens with zero attached hydrogens (tertiary/aromatic N) is 2. The monoisotopic (exact) mass is 267 g/mol. The van der Waals surface area contributed by atoms with E-state index in [0.29, 0.717) is 13.1 Å². The van der Waals surface area contributed by atoms with E-state index >= 15 is 0 Å². The predicted octanol–water partition coefficient (Wildman–Crippen LogP) is 2.35. The summed E-state index contributed by atoms with van der Waals surface area (Å²) in [7, 11) is 0. The number of rotatable bonds is 1. The number of aromatic amines is 1. The molecule has 5 heteroatoms. The molecule has 0 atom stereocenters. The van der Waals surface area contributed by atoms with Gasteiger partial charge in [-0.3, -0.25) is 4.79 Å². The lowest BCUT2D eigenvalue weighted by Crippen LogP contribution is -2.35. The maximum absolute atomic E-state index is 12.6. The Kier molecular flexibility index (Phi) is 2.39. The molecule has 0 radical (unpaired) electrons. The molecule has 5 nitrogen and oxygen atoms in total. The van der Waals surface area contributed by atoms with Crippen LogP contribution in [0.5, 0.6) is 0 Å². The molecule has 100 valence electrons. The summed E-state index contributed by atoms with van der Waals surface area (Å²) < 4.78 is 5.14. The van der Waals surface area contributed by atoms with Crippen molar-refractivity contribution in [2.45, 2.75) is 13.0 Å². The number of nitrogens with one attached hydrogen (secondary N) is 1. The minimum atomic E-state index is 0.0555. The van der Waals surface area contributed by atoms with Gasteiger partial charge in [0.1, 0.15) is 5.76 Å². The minimum Gasteiger partial charge on any atom is -0.361 e. The molecule has 4 rings (SSSR count). The number of benzene rings is 1. The Morgan fingerprint density at radius 2 is 2.30 bits per heavy atom. The first kappa shape index (κ1) is 11.3. The number of fused-ring (bicyclic) bond motifs is 2. The molecular formula is C15H13N3O2. The predicted molar refractivity (Wildman–Crippen MR) is 73.2 cm³/mol. The van der Waals surface area contributed by atoms with Gasteiger partial charge in [0, 0.05) is 41.2 Å². The van der Waals surface area contributed by atoms with Crippen LogP contribution in [0.1, 0.15) is 21.7 Å². The van der Waals surface area contributed by atoms with Gasteiger partial charge in [0.2, 0.25) is 0 Å². The molecule has 1 aliphatic heterocycles. The normalized spacial score (nSPS) is 14.5. The second-order valence-electron chi connectivity index (χ2n) is 5.03. The highest BCUT2D eigenvalue weighted by molar-refractivity contribution is 5.98. The van der Waals surface area contributed by atoms with Crippen LogP contribution in [0.4, 0.5) is 0 Å². The average Bonchev–Trinajstić information content (AvgIpc) is 3.13. The second-order valence-corrected chi connectivity index (χ2v) is 5.03. The average molecular weight is 267 g/mol. The third kappa shape index (κ3) is 1.71. The summed E-state index contributed by atoms with van der Waals surface area (Å²) in [6.45, 7) is 1.25. The van der Waals surface area contributed by atoms with Crippen LogP contribution in [0.2, 0.25) is 0 Å². The summed E-state index contributed by atoms with van der Waals surface area (Å²) in [6, 6.07) is 7.71. The standard InChI is InChI=1S/C15H13N3O2/c19-15(11-1-2-13-10(7-11)3-5-16-13)18-6-4-14-12(9-18)8-17-20-14/h1-3,5,7-8,16H,4,6,9H2. The third-order valence-electron chi connectivity index (χ3n) is 3.79. The zero-order valence-corrected chi connectivity index (χ0v) is 10.8. The van der Waals surface area contributed by atoms with E-state index in [0.717, 1.165) is 34.2 Å². The van der Waals surface area contributed by atoms with Gasteiger partial charge in [-0.1, -0.05) is 5.16 Å². The number of hydrogen-bond donors (Lipinski definition) is 1. The highest BCUT2D eigenvalue weighted by Gasteiger charge is 2.24. The zero-order valence-electron chi connectivity index (χ0n) is 10.8. The highest BCUT2D eigenvalue weighted by Crippen LogP contribution is 2.21. The Bertz CT molecular complexity index is 787. The molecule has 1 N–H and O–H groups in total. The first-order valence-corrected chi connectivity index (χ1v) is 6.60. The SMILES string of the molecule is O=C(c1ccc2[nH]ccc2c1)N1CCc2oncc2C1. The fraction of sp³-hybridized carbons (Fsp3) is 0.200. The van der Waals surface area contributed by atoms with Gasteiger partial charge < -0.3 is 14.4 Å². The molecule has 20 heavy (non-hydrogen) atoms. The van der Waals surface area contributed by atoms with Crippen LogP contribution in [0.15, 0.2) is 41.2 Å². The molecule has 3 aromatic rings. The number of carbonyl (C=O) groups excluding carboxylic acids is 1. The van der Waals surface area contributed by atoms with Crippen molar-refractivity contribution in [1.29, 1.82) is 0 Å². The van der Waals surface area contributed by atoms with E-state index in [4.69, 9.17) is 4.52 Å². The Morgan fingerprint density at radius 1 is 1.35 bits per heavy atom. The minimum absolute atomic E-state index is 0.0555. The van der Waals surface area contributed by atoms with E-state index in [1.54, 1.807) is 6.20 Å². The summed E-state index contributed by atoms with van der Waals surface area (Å²) in [4.78, 5) is 17.5. The number of aromatic nitrogens is 2. The lowest BCUT2D eigenvalue weighted by atomic mass is 10.1. The van der Waals surface area contributed by atoms with Gasteiger partial charge in [0.25, 0.3) is 5.91 Å². The fourth-order valence-corrected chi connectivity index (χ4v) is 2.68. The summed E-state index contributed by atoms with van der Waals surface area (Å²) in [6.07, 6.45) is 4.31. The Hall–Kier alpha value is -2.56. The van der Waals surface area contributed by atoms with Gasteiger partial charge in [-0.05, 0) is 24.3 Å². The van der Waals surface area contributed by atoms with Crippen LogP contribution in [-0.4, -0.2) is 27.5 Å². The molecule has 0 unspecified atom stereocenters. The Balaban J connectivity index is 1.64. The van der Waals surface area contributed by atoms with Crippen LogP contribution in [0.3, 0.4) is 0 Å². The molecule has 0 saturated heterocycles. The van der Waals surface area contributed by atoms with Crippen molar-refractivity contribution in [3.63, 3.8) is 0 Å². The molecular weight excluding hydrogens is 254 g/mol. The van der Waals surface area contributed by atoms with E-state index < -0.39 is 0 Å². The molecule has 0 fully saturated rings. The third-order valence-corrected chi connectivity index (χ3v) is 3.79. The lowest BCUT2D eigenvalue weighted by molar-refractivity contribution is 0.0729. The largest absolute Gasteiger partial charge is 0.361 e. The van der Waals surface area contributed by atoms with Crippen molar-refractivity contribution in [3.8, 4) is 0 Å². The lowest BCUT2D eigenvalue weighted by Gasteiger charge is -2.25. The summed E-state index contributed by atoms with van der Waals surface area (Å²) in [5.74, 6) is 0.954. The van der Waals surface area contributed by atoms with E-state index in [2.05, 4.69) is 10.1 Å². The second kappa shape index (κ2) is 4.23. The topological polar surface area (TPSA) is 62.1 Å². The number of carbonyl (C=O) groups is 1. The van der Waals surface area contributed by atoms with Crippen LogP contribution in [0.25, 0.3) is 10.9 Å². The van der Waals surface area contributed by atoms with Gasteiger partial charge in [-0.15, -0.1) is 0 Å². The first-order chi connectivity index (χ1) is 9.81. The smallest absolute Gasteiger partial charge is 0.254 e. The molecule has 0 aliphatic carbocycles. The zero-order chi connectivity index (χ0) is 13.5. The molecule has 0 spiro atoms. The van der Waals surface area contributed by atoms with Crippen molar-refractivity contribution >= 4 is 16.8 Å². The quantitative estimate of drug-likeness (QED) is 0.736. The van der Waals surface area contributed by atoms with Crippen LogP contribution in [0, 0.1) is 0 Å². The van der Waals surface area contributed by atoms with Gasteiger partial charge in [-0.2, -0.15) is 0 Å². The fourth-order valence-electron chi connectivity index (χ4n) is 2.68. The van der Waals surface area contributed by atoms with E-state index in [1.165, 1.54) is 0 Å². The Morgan fingerprint density at radius 3 is 3.25 bits per heavy atom. The van der Waals surface area contributed by atoms with E-state index in [9.17, 15) is 4.79 Å². The van der Waals surface area contributed by atoms with Crippen LogP contribution in [-0.2, 0) is 13.0 Å². The highest BCUT2D eigenvalue weighted by atomic mass is 16.5. The Labute approximate surface area is 115 Å². The van der Waals surface area contributed by atoms with Gasteiger partial charge in [-0.25, -0.2) is 0 Å². The number of hydrogen-bond acceptors (Lipinski definition) is 3. The maximum atomic E-state index is 12.6. The van der Waals surface area contributed by atoms with Crippen LogP contribution >= 0.6 is 0 Å². The van der Waals surface area contributed by atoms with Crippen LogP contribution < -0.4 is 0 Å². The molecule has 1 amide bonds. The van der Waals surface area contributed by atoms with Gasteiger partial charge in [0.05, 0.1) is 12.7 Å². The molecule has 2 aromatic heterocycles. The molecule has 0 saturated carbocycles. The molecule has 3 heterocycles. The molecule has 0 bridgehead atoms. The van der Waals surface area contributed by atoms with Crippen molar-refractivity contribution in [2.75, 3.05) is 6.54 Å². The molecule has 1 aromatic carbocycles. The van der Waals surface area contributed by atoms with E-state index in [-0.39, 0.29) is 5.91 Å². The summed E-state index contributed by atoms with van der Waals surface area (Å²) >= 11 is 0. The molecule has 1 aliphatic rings. The van der Waals surface area contributed by atoms with E-state index in [1.807, 2.05) is 35.4 Å². The summed E-state index contributed by atoms with van der Waals surface area (Å²) in [5, 5.41) is 4.84. The van der Waals surface area contributed by atoms with Crippen molar-refractivity contribution in [1.82, 2.24) is 15.0 Å². The van der Waals surface area contributed by atoms with Crippen molar-refractivity contribution in [2.24, 2.45) is 0 Å². The van der Waals surface area contributed by atoms with Gasteiger partial charge >= 0.3 is 0 Å². The van der Waals surface area contributed by atoms with Gasteiger partial charge in [0.15, 0.2) is 0 Å². The number of H-pyrrole nitrogens is 1. The maximum Gasteiger partial charge on any atom is 0.254 e. The summed E-state index contributed by atoms with van der Waals surface area (Å²) in [5.41, 5.74) is 2.77. The first-order valence-electron chi connectivity index (χ1n) is 6.60. The van der Waals surface area contributed by atoms with Crippen molar-refractivity contribution < 1.29 is 9.32 Å². The van der Waals surface area contributed by atoms with Crippen molar-refractivity contribution in [3.05, 3.63) is 53.5 Å².